The van der Waals surface area contributed by atoms with E-state index in [4.69, 9.17) is 0 Å². The number of nitrogens with one attached hydrogen (secondary N) is 2. The van der Waals surface area contributed by atoms with Crippen LogP contribution in [-0.2, 0) is 18.4 Å². The van der Waals surface area contributed by atoms with Crippen LogP contribution in [-0.4, -0.2) is 29.0 Å². The Morgan fingerprint density at radius 3 is 2.64 bits per heavy atom. The summed E-state index contributed by atoms with van der Waals surface area (Å²) in [6.07, 6.45) is 2.70. The molecule has 0 radical (unpaired) electrons. The summed E-state index contributed by atoms with van der Waals surface area (Å²) in [4.78, 5) is 13.7. The Bertz CT molecular complexity index is 649. The second-order valence-corrected chi connectivity index (χ2v) is 7.51. The van der Waals surface area contributed by atoms with Crippen LogP contribution >= 0.6 is 35.3 Å². The molecule has 138 valence electrons. The maximum Gasteiger partial charge on any atom is 0.191 e. The molecule has 2 aromatic rings. The van der Waals surface area contributed by atoms with Crippen LogP contribution in [0.15, 0.2) is 34.8 Å². The highest BCUT2D eigenvalue weighted by atomic mass is 127. The van der Waals surface area contributed by atoms with Gasteiger partial charge in [0.05, 0.1) is 12.2 Å². The Hall–Kier alpha value is -1.22. The van der Waals surface area contributed by atoms with Gasteiger partial charge in [0.25, 0.3) is 0 Å². The van der Waals surface area contributed by atoms with Gasteiger partial charge in [-0.15, -0.1) is 35.3 Å². The van der Waals surface area contributed by atoms with Gasteiger partial charge in [0.2, 0.25) is 0 Å². The van der Waals surface area contributed by atoms with Crippen LogP contribution in [0.2, 0.25) is 0 Å². The van der Waals surface area contributed by atoms with Gasteiger partial charge < -0.3 is 10.6 Å². The van der Waals surface area contributed by atoms with E-state index < -0.39 is 0 Å². The molecule has 0 bridgehead atoms. The number of guanidine groups is 1. The summed E-state index contributed by atoms with van der Waals surface area (Å²) in [6.45, 7) is 10.8. The van der Waals surface area contributed by atoms with E-state index in [0.29, 0.717) is 6.54 Å². The van der Waals surface area contributed by atoms with Crippen LogP contribution in [0.3, 0.4) is 0 Å². The predicted molar refractivity (Wildman–Crippen MR) is 117 cm³/mol. The monoisotopic (exact) mass is 473 g/mol. The topological polar surface area (TPSA) is 62.2 Å². The van der Waals surface area contributed by atoms with Crippen molar-refractivity contribution in [1.29, 1.82) is 0 Å². The van der Waals surface area contributed by atoms with E-state index in [1.807, 2.05) is 24.4 Å². The van der Waals surface area contributed by atoms with Crippen molar-refractivity contribution in [3.63, 3.8) is 0 Å². The molecule has 5 nitrogen and oxygen atoms in total. The van der Waals surface area contributed by atoms with Crippen LogP contribution in [0.5, 0.6) is 0 Å². The molecular weight excluding hydrogens is 445 g/mol. The van der Waals surface area contributed by atoms with Gasteiger partial charge in [-0.05, 0) is 19.1 Å². The average molecular weight is 473 g/mol. The number of nitrogens with zero attached hydrogens (tertiary/aromatic N) is 3. The number of aliphatic imine (C=N–C) groups is 1. The number of halogens is 1. The summed E-state index contributed by atoms with van der Waals surface area (Å²) in [7, 11) is 0. The SMILES string of the molecule is CCNC(=NCc1nc(C(C)(C)C)cs1)NCCc1ccccn1.I. The lowest BCUT2D eigenvalue weighted by atomic mass is 9.93. The van der Waals surface area contributed by atoms with Crippen LogP contribution in [0.4, 0.5) is 0 Å². The maximum atomic E-state index is 4.69. The number of pyridine rings is 1. The van der Waals surface area contributed by atoms with E-state index in [-0.39, 0.29) is 29.4 Å². The normalized spacial score (nSPS) is 11.8. The number of rotatable bonds is 6. The van der Waals surface area contributed by atoms with Crippen molar-refractivity contribution in [1.82, 2.24) is 20.6 Å². The third-order valence-electron chi connectivity index (χ3n) is 3.44. The Morgan fingerprint density at radius 2 is 2.04 bits per heavy atom. The second-order valence-electron chi connectivity index (χ2n) is 6.57. The number of hydrogen-bond acceptors (Lipinski definition) is 4. The molecule has 0 fully saturated rings. The third kappa shape index (κ3) is 7.68. The van der Waals surface area contributed by atoms with Crippen molar-refractivity contribution in [2.45, 2.75) is 46.1 Å². The van der Waals surface area contributed by atoms with Crippen molar-refractivity contribution in [2.75, 3.05) is 13.1 Å². The largest absolute Gasteiger partial charge is 0.357 e. The van der Waals surface area contributed by atoms with E-state index in [1.54, 1.807) is 11.3 Å². The van der Waals surface area contributed by atoms with Gasteiger partial charge >= 0.3 is 0 Å². The molecule has 2 rings (SSSR count). The average Bonchev–Trinajstić information content (AvgIpc) is 3.03. The lowest BCUT2D eigenvalue weighted by Crippen LogP contribution is -2.38. The standard InChI is InChI=1S/C18H27N5S.HI/c1-5-19-17(21-11-9-14-8-6-7-10-20-14)22-12-16-23-15(13-24-16)18(2,3)4;/h6-8,10,13H,5,9,11-12H2,1-4H3,(H2,19,21,22);1H. The highest BCUT2D eigenvalue weighted by Gasteiger charge is 2.17. The van der Waals surface area contributed by atoms with Gasteiger partial charge in [-0.3, -0.25) is 4.98 Å². The van der Waals surface area contributed by atoms with Gasteiger partial charge in [0.1, 0.15) is 5.01 Å². The first-order valence-corrected chi connectivity index (χ1v) is 9.24. The third-order valence-corrected chi connectivity index (χ3v) is 4.27. The lowest BCUT2D eigenvalue weighted by Gasteiger charge is -2.14. The van der Waals surface area contributed by atoms with E-state index in [9.17, 15) is 0 Å². The fraction of sp³-hybridized carbons (Fsp3) is 0.500. The zero-order valence-electron chi connectivity index (χ0n) is 15.4. The Kier molecular flexibility index (Phi) is 9.34. The zero-order chi connectivity index (χ0) is 17.4. The van der Waals surface area contributed by atoms with Crippen molar-refractivity contribution >= 4 is 41.3 Å². The second kappa shape index (κ2) is 10.7. The summed E-state index contributed by atoms with van der Waals surface area (Å²) in [6, 6.07) is 5.98. The fourth-order valence-corrected chi connectivity index (χ4v) is 3.02. The summed E-state index contributed by atoms with van der Waals surface area (Å²) < 4.78 is 0. The Balaban J connectivity index is 0.00000312. The molecule has 25 heavy (non-hydrogen) atoms. The molecule has 0 aliphatic heterocycles. The molecule has 0 aromatic carbocycles. The van der Waals surface area contributed by atoms with Gasteiger partial charge in [-0.2, -0.15) is 0 Å². The molecule has 7 heteroatoms. The number of aromatic nitrogens is 2. The smallest absolute Gasteiger partial charge is 0.191 e. The number of hydrogen-bond donors (Lipinski definition) is 2. The number of thiazole rings is 1. The van der Waals surface area contributed by atoms with Crippen LogP contribution in [0.1, 0.15) is 44.1 Å². The molecule has 0 saturated carbocycles. The molecule has 2 heterocycles. The molecule has 2 aromatic heterocycles. The Labute approximate surface area is 171 Å². The molecular formula is C18H28IN5S. The van der Waals surface area contributed by atoms with Gasteiger partial charge in [0.15, 0.2) is 5.96 Å². The van der Waals surface area contributed by atoms with Gasteiger partial charge in [-0.25, -0.2) is 9.98 Å². The summed E-state index contributed by atoms with van der Waals surface area (Å²) in [5.41, 5.74) is 2.30. The summed E-state index contributed by atoms with van der Waals surface area (Å²) in [5, 5.41) is 9.80. The van der Waals surface area contributed by atoms with Crippen molar-refractivity contribution in [3.8, 4) is 0 Å². The molecule has 0 unspecified atom stereocenters. The maximum absolute atomic E-state index is 4.69. The van der Waals surface area contributed by atoms with Gasteiger partial charge in [-0.1, -0.05) is 26.8 Å². The van der Waals surface area contributed by atoms with Crippen molar-refractivity contribution in [3.05, 3.63) is 46.2 Å². The highest BCUT2D eigenvalue weighted by molar-refractivity contribution is 14.0. The minimum atomic E-state index is 0. The molecule has 2 N–H and O–H groups in total. The lowest BCUT2D eigenvalue weighted by molar-refractivity contribution is 0.571. The molecule has 0 atom stereocenters. The van der Waals surface area contributed by atoms with E-state index in [0.717, 1.165) is 41.9 Å². The molecule has 0 saturated heterocycles. The first-order chi connectivity index (χ1) is 11.5. The molecule has 0 amide bonds. The van der Waals surface area contributed by atoms with Gasteiger partial charge in [0, 0.05) is 42.2 Å². The van der Waals surface area contributed by atoms with Crippen LogP contribution in [0, 0.1) is 0 Å². The minimum absolute atomic E-state index is 0. The first-order valence-electron chi connectivity index (χ1n) is 8.36. The van der Waals surface area contributed by atoms with E-state index in [2.05, 4.69) is 58.7 Å². The zero-order valence-corrected chi connectivity index (χ0v) is 18.5. The minimum Gasteiger partial charge on any atom is -0.357 e. The van der Waals surface area contributed by atoms with Crippen molar-refractivity contribution in [2.24, 2.45) is 4.99 Å². The van der Waals surface area contributed by atoms with E-state index >= 15 is 0 Å². The molecule has 0 spiro atoms. The molecule has 0 aliphatic rings. The highest BCUT2D eigenvalue weighted by Crippen LogP contribution is 2.24. The van der Waals surface area contributed by atoms with E-state index in [1.165, 1.54) is 0 Å². The predicted octanol–water partition coefficient (Wildman–Crippen LogP) is 3.75. The fourth-order valence-electron chi connectivity index (χ4n) is 2.07. The Morgan fingerprint density at radius 1 is 1.24 bits per heavy atom. The summed E-state index contributed by atoms with van der Waals surface area (Å²) in [5.74, 6) is 0.820. The summed E-state index contributed by atoms with van der Waals surface area (Å²) >= 11 is 1.67. The van der Waals surface area contributed by atoms with Crippen molar-refractivity contribution < 1.29 is 0 Å². The van der Waals surface area contributed by atoms with Crippen LogP contribution < -0.4 is 10.6 Å². The van der Waals surface area contributed by atoms with Crippen LogP contribution in [0.25, 0.3) is 0 Å². The quantitative estimate of drug-likeness (QED) is 0.381. The molecule has 0 aliphatic carbocycles. The first kappa shape index (κ1) is 21.8.